The van der Waals surface area contributed by atoms with Crippen molar-refractivity contribution < 1.29 is 13.5 Å². The molecule has 64 valence electrons. The first kappa shape index (κ1) is 7.68. The lowest BCUT2D eigenvalue weighted by Crippen LogP contribution is -2.10. The second-order valence-corrected chi connectivity index (χ2v) is 2.97. The summed E-state index contributed by atoms with van der Waals surface area (Å²) < 4.78 is 30.1. The monoisotopic (exact) mass is 170 g/mol. The summed E-state index contributed by atoms with van der Waals surface area (Å²) in [7, 11) is 0. The SMILES string of the molecule is Cc1ccc2c(c1)C(F)(F)OC2. The fourth-order valence-corrected chi connectivity index (χ4v) is 1.33. The average Bonchev–Trinajstić information content (AvgIpc) is 2.28. The van der Waals surface area contributed by atoms with Gasteiger partial charge in [0.2, 0.25) is 0 Å². The Morgan fingerprint density at radius 3 is 2.92 bits per heavy atom. The highest BCUT2D eigenvalue weighted by Crippen LogP contribution is 2.39. The first-order valence-electron chi connectivity index (χ1n) is 3.71. The first-order chi connectivity index (χ1) is 5.59. The van der Waals surface area contributed by atoms with Crippen molar-refractivity contribution in [2.75, 3.05) is 0 Å². The zero-order valence-electron chi connectivity index (χ0n) is 6.60. The highest BCUT2D eigenvalue weighted by atomic mass is 19.3. The minimum atomic E-state index is -3.08. The molecule has 0 saturated heterocycles. The number of aryl methyl sites for hydroxylation is 1. The van der Waals surface area contributed by atoms with Crippen LogP contribution in [-0.4, -0.2) is 0 Å². The third-order valence-corrected chi connectivity index (χ3v) is 1.99. The van der Waals surface area contributed by atoms with E-state index in [1.54, 1.807) is 13.0 Å². The number of alkyl halides is 2. The van der Waals surface area contributed by atoms with E-state index in [0.29, 0.717) is 5.56 Å². The highest BCUT2D eigenvalue weighted by Gasteiger charge is 2.40. The van der Waals surface area contributed by atoms with Gasteiger partial charge in [-0.05, 0) is 18.6 Å². The maximum atomic E-state index is 12.9. The summed E-state index contributed by atoms with van der Waals surface area (Å²) >= 11 is 0. The number of fused-ring (bicyclic) bond motifs is 1. The molecule has 1 heterocycles. The van der Waals surface area contributed by atoms with Crippen LogP contribution in [0.15, 0.2) is 18.2 Å². The maximum Gasteiger partial charge on any atom is 0.383 e. The van der Waals surface area contributed by atoms with Crippen LogP contribution < -0.4 is 0 Å². The molecule has 0 N–H and O–H groups in total. The molecule has 0 aromatic heterocycles. The first-order valence-corrected chi connectivity index (χ1v) is 3.71. The Morgan fingerprint density at radius 1 is 1.42 bits per heavy atom. The molecule has 3 heteroatoms. The molecule has 2 rings (SSSR count). The molecule has 1 aliphatic heterocycles. The molecule has 1 nitrogen and oxygen atoms in total. The lowest BCUT2D eigenvalue weighted by molar-refractivity contribution is -0.239. The van der Waals surface area contributed by atoms with E-state index >= 15 is 0 Å². The second-order valence-electron chi connectivity index (χ2n) is 2.97. The smallest absolute Gasteiger partial charge is 0.312 e. The standard InChI is InChI=1S/C9H8F2O/c1-6-2-3-7-5-12-9(10,11)8(7)4-6/h2-4H,5H2,1H3. The Morgan fingerprint density at radius 2 is 2.17 bits per heavy atom. The van der Waals surface area contributed by atoms with Crippen LogP contribution in [0.1, 0.15) is 16.7 Å². The van der Waals surface area contributed by atoms with Crippen molar-refractivity contribution in [1.82, 2.24) is 0 Å². The van der Waals surface area contributed by atoms with Crippen molar-refractivity contribution in [3.05, 3.63) is 34.9 Å². The van der Waals surface area contributed by atoms with Gasteiger partial charge >= 0.3 is 6.11 Å². The van der Waals surface area contributed by atoms with Crippen molar-refractivity contribution in [3.63, 3.8) is 0 Å². The summed E-state index contributed by atoms with van der Waals surface area (Å²) in [6.07, 6.45) is -3.08. The number of benzene rings is 1. The van der Waals surface area contributed by atoms with Gasteiger partial charge in [-0.1, -0.05) is 17.7 Å². The molecule has 1 aromatic rings. The van der Waals surface area contributed by atoms with Crippen molar-refractivity contribution in [2.24, 2.45) is 0 Å². The van der Waals surface area contributed by atoms with Crippen LogP contribution in [0.25, 0.3) is 0 Å². The van der Waals surface area contributed by atoms with E-state index in [0.717, 1.165) is 5.56 Å². The van der Waals surface area contributed by atoms with Crippen LogP contribution in [0.5, 0.6) is 0 Å². The summed E-state index contributed by atoms with van der Waals surface area (Å²) in [5.41, 5.74) is 1.44. The number of rotatable bonds is 0. The summed E-state index contributed by atoms with van der Waals surface area (Å²) in [5.74, 6) is 0. The molecule has 0 atom stereocenters. The predicted molar refractivity (Wildman–Crippen MR) is 39.9 cm³/mol. The van der Waals surface area contributed by atoms with Gasteiger partial charge in [0.25, 0.3) is 0 Å². The molecule has 0 bridgehead atoms. The second kappa shape index (κ2) is 2.26. The van der Waals surface area contributed by atoms with Crippen LogP contribution >= 0.6 is 0 Å². The zero-order chi connectivity index (χ0) is 8.77. The van der Waals surface area contributed by atoms with Gasteiger partial charge in [0.05, 0.1) is 12.2 Å². The van der Waals surface area contributed by atoms with E-state index in [1.807, 2.05) is 6.07 Å². The van der Waals surface area contributed by atoms with Gasteiger partial charge in [-0.2, -0.15) is 8.78 Å². The molecule has 0 fully saturated rings. The third-order valence-electron chi connectivity index (χ3n) is 1.99. The van der Waals surface area contributed by atoms with E-state index in [9.17, 15) is 8.78 Å². The lowest BCUT2D eigenvalue weighted by Gasteiger charge is -2.08. The van der Waals surface area contributed by atoms with E-state index in [4.69, 9.17) is 0 Å². The fourth-order valence-electron chi connectivity index (χ4n) is 1.33. The Labute approximate surface area is 69.0 Å². The van der Waals surface area contributed by atoms with Gasteiger partial charge < -0.3 is 4.74 Å². The van der Waals surface area contributed by atoms with Gasteiger partial charge in [-0.25, -0.2) is 0 Å². The molecular weight excluding hydrogens is 162 g/mol. The quantitative estimate of drug-likeness (QED) is 0.581. The van der Waals surface area contributed by atoms with Crippen LogP contribution in [0.2, 0.25) is 0 Å². The van der Waals surface area contributed by atoms with Crippen LogP contribution in [0, 0.1) is 6.92 Å². The zero-order valence-corrected chi connectivity index (χ0v) is 6.60. The van der Waals surface area contributed by atoms with Crippen molar-refractivity contribution in [2.45, 2.75) is 19.6 Å². The highest BCUT2D eigenvalue weighted by molar-refractivity contribution is 5.35. The van der Waals surface area contributed by atoms with E-state index < -0.39 is 6.11 Å². The summed E-state index contributed by atoms with van der Waals surface area (Å²) in [5, 5.41) is 0. The third kappa shape index (κ3) is 1.01. The minimum Gasteiger partial charge on any atom is -0.312 e. The number of halogens is 2. The Kier molecular flexibility index (Phi) is 1.45. The number of hydrogen-bond donors (Lipinski definition) is 0. The fraction of sp³-hybridized carbons (Fsp3) is 0.333. The number of ether oxygens (including phenoxy) is 1. The molecule has 12 heavy (non-hydrogen) atoms. The molecule has 1 aromatic carbocycles. The molecule has 1 aliphatic rings. The van der Waals surface area contributed by atoms with E-state index in [1.165, 1.54) is 6.07 Å². The lowest BCUT2D eigenvalue weighted by atomic mass is 10.1. The van der Waals surface area contributed by atoms with Crippen molar-refractivity contribution in [3.8, 4) is 0 Å². The normalized spacial score (nSPS) is 19.2. The molecule has 0 unspecified atom stereocenters. The molecular formula is C9H8F2O. The van der Waals surface area contributed by atoms with Gasteiger partial charge in [-0.15, -0.1) is 0 Å². The van der Waals surface area contributed by atoms with Crippen LogP contribution in [0.3, 0.4) is 0 Å². The molecule has 0 radical (unpaired) electrons. The van der Waals surface area contributed by atoms with Crippen molar-refractivity contribution >= 4 is 0 Å². The molecule has 0 aliphatic carbocycles. The van der Waals surface area contributed by atoms with E-state index in [-0.39, 0.29) is 12.2 Å². The average molecular weight is 170 g/mol. The van der Waals surface area contributed by atoms with Crippen LogP contribution in [0.4, 0.5) is 8.78 Å². The Balaban J connectivity index is 2.57. The number of hydrogen-bond acceptors (Lipinski definition) is 1. The topological polar surface area (TPSA) is 9.23 Å². The molecule has 0 amide bonds. The van der Waals surface area contributed by atoms with Gasteiger partial charge in [-0.3, -0.25) is 0 Å². The van der Waals surface area contributed by atoms with E-state index in [2.05, 4.69) is 4.74 Å². The van der Waals surface area contributed by atoms with Crippen LogP contribution in [-0.2, 0) is 17.5 Å². The molecule has 0 spiro atoms. The minimum absolute atomic E-state index is 0.0162. The van der Waals surface area contributed by atoms with Gasteiger partial charge in [0.15, 0.2) is 0 Å². The van der Waals surface area contributed by atoms with Gasteiger partial charge in [0, 0.05) is 0 Å². The molecule has 0 saturated carbocycles. The van der Waals surface area contributed by atoms with Crippen molar-refractivity contribution in [1.29, 1.82) is 0 Å². The summed E-state index contributed by atoms with van der Waals surface area (Å²) in [6, 6.07) is 4.97. The Bertz CT molecular complexity index is 320. The predicted octanol–water partition coefficient (Wildman–Crippen LogP) is 2.57. The van der Waals surface area contributed by atoms with Gasteiger partial charge in [0.1, 0.15) is 0 Å². The maximum absolute atomic E-state index is 12.9. The summed E-state index contributed by atoms with van der Waals surface area (Å²) in [4.78, 5) is 0. The Hall–Kier alpha value is -0.960. The summed E-state index contributed by atoms with van der Waals surface area (Å²) in [6.45, 7) is 1.80. The largest absolute Gasteiger partial charge is 0.383 e.